The summed E-state index contributed by atoms with van der Waals surface area (Å²) in [6.07, 6.45) is 5.63. The summed E-state index contributed by atoms with van der Waals surface area (Å²) in [5.41, 5.74) is 1.49. The van der Waals surface area contributed by atoms with Crippen molar-refractivity contribution in [3.8, 4) is 0 Å². The molecule has 0 saturated carbocycles. The number of unbranched alkanes of at least 4 members (excludes halogenated alkanes) is 4. The molecule has 0 radical (unpaired) electrons. The third-order valence-electron chi connectivity index (χ3n) is 2.98. The van der Waals surface area contributed by atoms with E-state index in [1.807, 2.05) is 19.1 Å². The van der Waals surface area contributed by atoms with Crippen molar-refractivity contribution >= 4 is 19.8 Å². The molecular weight excluding hydrogens is 335 g/mol. The highest BCUT2D eigenvalue weighted by atomic mass is 31.2. The highest BCUT2D eigenvalue weighted by molar-refractivity contribution is 7.45. The summed E-state index contributed by atoms with van der Waals surface area (Å²) in [6, 6.07) is 7.00. The second-order valence-electron chi connectivity index (χ2n) is 5.31. The van der Waals surface area contributed by atoms with Crippen molar-refractivity contribution in [3.63, 3.8) is 0 Å². The first-order chi connectivity index (χ1) is 11.1. The van der Waals surface area contributed by atoms with Crippen LogP contribution in [0.25, 0.3) is 0 Å². The summed E-state index contributed by atoms with van der Waals surface area (Å²) in [5, 5.41) is 0. The molecule has 7 nitrogen and oxygen atoms in total. The lowest BCUT2D eigenvalue weighted by atomic mass is 10.1. The molecule has 0 aromatic heterocycles. The minimum atomic E-state index is -4.64. The second-order valence-corrected chi connectivity index (χ2v) is 6.33. The van der Waals surface area contributed by atoms with Gasteiger partial charge in [-0.15, -0.1) is 0 Å². The fraction of sp³-hybridized carbons (Fsp3) is 0.500. The van der Waals surface area contributed by atoms with E-state index in [1.165, 1.54) is 12.8 Å². The van der Waals surface area contributed by atoms with Gasteiger partial charge in [-0.2, -0.15) is 0 Å². The zero-order chi connectivity index (χ0) is 18.6. The lowest BCUT2D eigenvalue weighted by Gasteiger charge is -2.03. The zero-order valence-electron chi connectivity index (χ0n) is 14.0. The maximum Gasteiger partial charge on any atom is 0.466 e. The Hall–Kier alpha value is -1.53. The fourth-order valence-electron chi connectivity index (χ4n) is 1.78. The van der Waals surface area contributed by atoms with Gasteiger partial charge in [-0.25, -0.2) is 9.36 Å². The first kappa shape index (κ1) is 22.5. The number of phosphoric acid groups is 1. The van der Waals surface area contributed by atoms with Crippen LogP contribution in [0.15, 0.2) is 24.3 Å². The molecule has 0 aliphatic heterocycles. The topological polar surface area (TPSA) is 121 Å². The van der Waals surface area contributed by atoms with Gasteiger partial charge in [-0.05, 0) is 25.5 Å². The average Bonchev–Trinajstić information content (AvgIpc) is 2.46. The van der Waals surface area contributed by atoms with Crippen molar-refractivity contribution in [3.05, 3.63) is 35.4 Å². The van der Waals surface area contributed by atoms with Crippen molar-refractivity contribution in [2.24, 2.45) is 0 Å². The van der Waals surface area contributed by atoms with Gasteiger partial charge in [-0.1, -0.05) is 50.3 Å². The predicted molar refractivity (Wildman–Crippen MR) is 89.2 cm³/mol. The van der Waals surface area contributed by atoms with E-state index >= 15 is 0 Å². The molecule has 0 heterocycles. The first-order valence-corrected chi connectivity index (χ1v) is 9.30. The van der Waals surface area contributed by atoms with Gasteiger partial charge in [0.2, 0.25) is 0 Å². The summed E-state index contributed by atoms with van der Waals surface area (Å²) in [4.78, 5) is 44.7. The van der Waals surface area contributed by atoms with Crippen LogP contribution in [0.1, 0.15) is 61.4 Å². The summed E-state index contributed by atoms with van der Waals surface area (Å²) in [5.74, 6) is -0.986. The molecule has 8 heteroatoms. The van der Waals surface area contributed by atoms with E-state index in [0.717, 1.165) is 24.8 Å². The van der Waals surface area contributed by atoms with Gasteiger partial charge in [0, 0.05) is 6.42 Å². The molecule has 3 N–H and O–H groups in total. The molecule has 0 amide bonds. The number of esters is 2. The maximum atomic E-state index is 11.7. The molecule has 0 bridgehead atoms. The number of hydrogen-bond donors (Lipinski definition) is 3. The number of carbonyl (C=O) groups excluding carboxylic acids is 2. The Balaban J connectivity index is 0.000000922. The van der Waals surface area contributed by atoms with Gasteiger partial charge in [0.25, 0.3) is 0 Å². The van der Waals surface area contributed by atoms with Gasteiger partial charge < -0.3 is 19.4 Å². The third-order valence-corrected chi connectivity index (χ3v) is 2.98. The summed E-state index contributed by atoms with van der Waals surface area (Å²) < 4.78 is 13.7. The quantitative estimate of drug-likeness (QED) is 0.296. The van der Waals surface area contributed by atoms with Crippen LogP contribution in [0.5, 0.6) is 0 Å². The van der Waals surface area contributed by atoms with Crippen molar-refractivity contribution in [1.29, 1.82) is 0 Å². The Bertz CT molecular complexity index is 540. The molecule has 0 aliphatic rings. The molecular formula is C16H25O7P. The molecule has 0 fully saturated rings. The Labute approximate surface area is 141 Å². The number of hydrogen-bond acceptors (Lipinski definition) is 4. The minimum absolute atomic E-state index is 0.321. The number of ether oxygens (including phenoxy) is 1. The largest absolute Gasteiger partial charge is 0.466 e. The number of rotatable bonds is 7. The maximum absolute atomic E-state index is 11.7. The van der Waals surface area contributed by atoms with Crippen molar-refractivity contribution in [2.45, 2.75) is 52.4 Å². The van der Waals surface area contributed by atoms with E-state index < -0.39 is 19.8 Å². The number of aryl methyl sites for hydroxylation is 1. The van der Waals surface area contributed by atoms with Crippen LogP contribution in [-0.2, 0) is 14.1 Å². The second kappa shape index (κ2) is 11.9. The summed E-state index contributed by atoms with van der Waals surface area (Å²) >= 11 is 0. The highest BCUT2D eigenvalue weighted by Crippen LogP contribution is 2.25. The molecule has 0 atom stereocenters. The van der Waals surface area contributed by atoms with E-state index in [9.17, 15) is 9.59 Å². The van der Waals surface area contributed by atoms with Crippen LogP contribution < -0.4 is 0 Å². The Morgan fingerprint density at radius 2 is 1.50 bits per heavy atom. The summed E-state index contributed by atoms with van der Waals surface area (Å²) in [7, 11) is -4.64. The molecule has 1 aromatic rings. The zero-order valence-corrected chi connectivity index (χ0v) is 14.9. The molecule has 1 aromatic carbocycles. The van der Waals surface area contributed by atoms with Crippen LogP contribution in [0.2, 0.25) is 0 Å². The van der Waals surface area contributed by atoms with Crippen LogP contribution in [-0.4, -0.2) is 26.6 Å². The molecule has 0 unspecified atom stereocenters. The van der Waals surface area contributed by atoms with Crippen LogP contribution in [0, 0.1) is 6.92 Å². The monoisotopic (exact) mass is 360 g/mol. The Kier molecular flexibility index (Phi) is 11.2. The average molecular weight is 360 g/mol. The number of benzene rings is 1. The minimum Gasteiger partial charge on any atom is -0.389 e. The highest BCUT2D eigenvalue weighted by Gasteiger charge is 2.12. The van der Waals surface area contributed by atoms with Crippen molar-refractivity contribution < 1.29 is 33.6 Å². The van der Waals surface area contributed by atoms with Gasteiger partial charge in [-0.3, -0.25) is 4.79 Å². The Morgan fingerprint density at radius 3 is 2.00 bits per heavy atom. The molecule has 136 valence electrons. The lowest BCUT2D eigenvalue weighted by molar-refractivity contribution is -0.138. The van der Waals surface area contributed by atoms with E-state index in [-0.39, 0.29) is 0 Å². The van der Waals surface area contributed by atoms with Crippen LogP contribution >= 0.6 is 7.82 Å². The first-order valence-electron chi connectivity index (χ1n) is 7.73. The smallest absolute Gasteiger partial charge is 0.389 e. The summed E-state index contributed by atoms with van der Waals surface area (Å²) in [6.45, 7) is 4.09. The van der Waals surface area contributed by atoms with E-state index in [4.69, 9.17) is 24.0 Å². The predicted octanol–water partition coefficient (Wildman–Crippen LogP) is 3.11. The molecule has 0 spiro atoms. The SMILES string of the molecule is CCCCCCCC(=O)OC(=O)c1ccc(C)cc1.O=P(O)(O)O. The van der Waals surface area contributed by atoms with Gasteiger partial charge in [0.15, 0.2) is 0 Å². The van der Waals surface area contributed by atoms with E-state index in [1.54, 1.807) is 12.1 Å². The standard InChI is InChI=1S/C16H22O3.H3O4P/c1-3-4-5-6-7-8-15(17)19-16(18)14-11-9-13(2)10-12-14;1-5(2,3)4/h9-12H,3-8H2,1-2H3;(H3,1,2,3,4). The molecule has 1 rings (SSSR count). The van der Waals surface area contributed by atoms with E-state index in [2.05, 4.69) is 6.92 Å². The Morgan fingerprint density at radius 1 is 1.00 bits per heavy atom. The van der Waals surface area contributed by atoms with Crippen LogP contribution in [0.4, 0.5) is 0 Å². The van der Waals surface area contributed by atoms with Crippen molar-refractivity contribution in [1.82, 2.24) is 0 Å². The van der Waals surface area contributed by atoms with Gasteiger partial charge in [0.1, 0.15) is 0 Å². The van der Waals surface area contributed by atoms with E-state index in [0.29, 0.717) is 12.0 Å². The van der Waals surface area contributed by atoms with Crippen LogP contribution in [0.3, 0.4) is 0 Å². The van der Waals surface area contributed by atoms with Gasteiger partial charge in [0.05, 0.1) is 5.56 Å². The molecule has 0 saturated heterocycles. The molecule has 0 aliphatic carbocycles. The number of carbonyl (C=O) groups is 2. The fourth-order valence-corrected chi connectivity index (χ4v) is 1.78. The van der Waals surface area contributed by atoms with Gasteiger partial charge >= 0.3 is 19.8 Å². The third kappa shape index (κ3) is 14.1. The normalized spacial score (nSPS) is 10.5. The lowest BCUT2D eigenvalue weighted by Crippen LogP contribution is -2.12. The van der Waals surface area contributed by atoms with Crippen molar-refractivity contribution in [2.75, 3.05) is 0 Å². The molecule has 24 heavy (non-hydrogen) atoms.